The number of likely N-dealkylation sites (tertiary alicyclic amines) is 1. The molecule has 0 unspecified atom stereocenters. The lowest BCUT2D eigenvalue weighted by atomic mass is 9.97. The Hall–Kier alpha value is -2.15. The van der Waals surface area contributed by atoms with Gasteiger partial charge in [0.25, 0.3) is 0 Å². The van der Waals surface area contributed by atoms with E-state index in [-0.39, 0.29) is 6.10 Å². The normalized spacial score (nSPS) is 16.2. The smallest absolute Gasteiger partial charge is 0.234 e. The summed E-state index contributed by atoms with van der Waals surface area (Å²) in [4.78, 5) is 15.5. The fourth-order valence-corrected chi connectivity index (χ4v) is 3.13. The van der Waals surface area contributed by atoms with E-state index < -0.39 is 0 Å². The number of anilines is 1. The lowest BCUT2D eigenvalue weighted by Gasteiger charge is -2.31. The maximum absolute atomic E-state index is 5.70. The van der Waals surface area contributed by atoms with Gasteiger partial charge in [-0.1, -0.05) is 0 Å². The average Bonchev–Trinajstić information content (AvgIpc) is 2.91. The molecule has 0 aliphatic carbocycles. The number of hydrogen-bond donors (Lipinski definition) is 1. The Labute approximate surface area is 155 Å². The molecule has 0 bridgehead atoms. The highest BCUT2D eigenvalue weighted by Crippen LogP contribution is 2.20. The molecule has 7 nitrogen and oxygen atoms in total. The van der Waals surface area contributed by atoms with Crippen molar-refractivity contribution in [3.05, 3.63) is 29.7 Å². The molecule has 2 aromatic heterocycles. The number of nitrogens with zero attached hydrogens (tertiary/aromatic N) is 4. The Morgan fingerprint density at radius 1 is 1.23 bits per heavy atom. The van der Waals surface area contributed by atoms with Crippen LogP contribution >= 0.6 is 0 Å². The van der Waals surface area contributed by atoms with Gasteiger partial charge in [0.15, 0.2) is 0 Å². The summed E-state index contributed by atoms with van der Waals surface area (Å²) in [5.41, 5.74) is 0.990. The van der Waals surface area contributed by atoms with Crippen molar-refractivity contribution in [2.45, 2.75) is 53.2 Å². The maximum atomic E-state index is 5.70. The van der Waals surface area contributed by atoms with E-state index in [9.17, 15) is 0 Å². The third-order valence-corrected chi connectivity index (χ3v) is 4.68. The molecule has 1 saturated heterocycles. The zero-order valence-electron chi connectivity index (χ0n) is 16.2. The summed E-state index contributed by atoms with van der Waals surface area (Å²) in [5, 5.41) is 3.40. The second-order valence-electron chi connectivity index (χ2n) is 7.26. The first-order chi connectivity index (χ1) is 12.5. The minimum atomic E-state index is 0.0973. The first-order valence-corrected chi connectivity index (χ1v) is 9.37. The minimum Gasteiger partial charge on any atom is -0.474 e. The van der Waals surface area contributed by atoms with Gasteiger partial charge in [-0.25, -0.2) is 4.98 Å². The van der Waals surface area contributed by atoms with Gasteiger partial charge in [0.05, 0.1) is 30.7 Å². The molecule has 0 saturated carbocycles. The van der Waals surface area contributed by atoms with Gasteiger partial charge >= 0.3 is 0 Å². The highest BCUT2D eigenvalue weighted by atomic mass is 16.5. The summed E-state index contributed by atoms with van der Waals surface area (Å²) in [6.45, 7) is 11.8. The van der Waals surface area contributed by atoms with Crippen molar-refractivity contribution < 1.29 is 9.15 Å². The minimum absolute atomic E-state index is 0.0973. The zero-order valence-corrected chi connectivity index (χ0v) is 16.2. The molecule has 26 heavy (non-hydrogen) atoms. The van der Waals surface area contributed by atoms with Gasteiger partial charge in [-0.05, 0) is 59.5 Å². The van der Waals surface area contributed by atoms with Crippen LogP contribution in [0.3, 0.4) is 0 Å². The number of ether oxygens (including phenoxy) is 1. The van der Waals surface area contributed by atoms with Crippen LogP contribution in [-0.4, -0.2) is 45.6 Å². The van der Waals surface area contributed by atoms with Crippen LogP contribution in [0.15, 0.2) is 16.8 Å². The SMILES string of the molecule is Cc1nc(CN2CCC(CNc3cncc(OC(C)C)n3)CC2)oc1C. The quantitative estimate of drug-likeness (QED) is 0.813. The number of piperidine rings is 1. The van der Waals surface area contributed by atoms with Crippen LogP contribution in [0.5, 0.6) is 5.88 Å². The third kappa shape index (κ3) is 5.17. The van der Waals surface area contributed by atoms with Gasteiger partial charge in [0, 0.05) is 6.54 Å². The van der Waals surface area contributed by atoms with Crippen LogP contribution in [0.1, 0.15) is 44.0 Å². The third-order valence-electron chi connectivity index (χ3n) is 4.68. The van der Waals surface area contributed by atoms with Gasteiger partial charge in [-0.2, -0.15) is 4.98 Å². The van der Waals surface area contributed by atoms with E-state index in [1.807, 2.05) is 27.7 Å². The van der Waals surface area contributed by atoms with Crippen LogP contribution in [0.2, 0.25) is 0 Å². The maximum Gasteiger partial charge on any atom is 0.234 e. The number of hydrogen-bond acceptors (Lipinski definition) is 7. The van der Waals surface area contributed by atoms with Crippen molar-refractivity contribution in [2.24, 2.45) is 5.92 Å². The number of aryl methyl sites for hydroxylation is 2. The molecule has 0 amide bonds. The van der Waals surface area contributed by atoms with E-state index in [0.717, 1.165) is 62.2 Å². The van der Waals surface area contributed by atoms with Gasteiger partial charge in [0.1, 0.15) is 11.6 Å². The van der Waals surface area contributed by atoms with Crippen molar-refractivity contribution in [3.63, 3.8) is 0 Å². The molecule has 0 aromatic carbocycles. The van der Waals surface area contributed by atoms with Crippen LogP contribution in [0, 0.1) is 19.8 Å². The van der Waals surface area contributed by atoms with Crippen LogP contribution in [0.4, 0.5) is 5.82 Å². The number of aromatic nitrogens is 3. The number of rotatable bonds is 7. The highest BCUT2D eigenvalue weighted by molar-refractivity contribution is 5.33. The van der Waals surface area contributed by atoms with E-state index in [0.29, 0.717) is 11.8 Å². The molecule has 1 aliphatic heterocycles. The van der Waals surface area contributed by atoms with Crippen molar-refractivity contribution in [1.29, 1.82) is 0 Å². The van der Waals surface area contributed by atoms with Crippen molar-refractivity contribution in [3.8, 4) is 5.88 Å². The largest absolute Gasteiger partial charge is 0.474 e. The van der Waals surface area contributed by atoms with Crippen LogP contribution in [-0.2, 0) is 6.54 Å². The molecule has 0 spiro atoms. The fraction of sp³-hybridized carbons (Fsp3) is 0.632. The Morgan fingerprint density at radius 2 is 2.00 bits per heavy atom. The summed E-state index contributed by atoms with van der Waals surface area (Å²) < 4.78 is 11.3. The summed E-state index contributed by atoms with van der Waals surface area (Å²) >= 11 is 0. The molecule has 0 radical (unpaired) electrons. The zero-order chi connectivity index (χ0) is 18.5. The van der Waals surface area contributed by atoms with E-state index in [1.54, 1.807) is 12.4 Å². The van der Waals surface area contributed by atoms with Gasteiger partial charge < -0.3 is 14.5 Å². The lowest BCUT2D eigenvalue weighted by Crippen LogP contribution is -2.35. The van der Waals surface area contributed by atoms with Gasteiger partial charge in [-0.15, -0.1) is 0 Å². The van der Waals surface area contributed by atoms with E-state index in [4.69, 9.17) is 9.15 Å². The Bertz CT molecular complexity index is 688. The van der Waals surface area contributed by atoms with Crippen LogP contribution < -0.4 is 10.1 Å². The molecule has 3 rings (SSSR count). The summed E-state index contributed by atoms with van der Waals surface area (Å²) in [5.74, 6) is 3.72. The molecule has 3 heterocycles. The Balaban J connectivity index is 1.42. The molecular weight excluding hydrogens is 330 g/mol. The predicted molar refractivity (Wildman–Crippen MR) is 100 cm³/mol. The van der Waals surface area contributed by atoms with Crippen molar-refractivity contribution in [1.82, 2.24) is 19.9 Å². The molecule has 0 atom stereocenters. The molecule has 142 valence electrons. The average molecular weight is 359 g/mol. The topological polar surface area (TPSA) is 76.3 Å². The van der Waals surface area contributed by atoms with Gasteiger partial charge in [-0.3, -0.25) is 9.88 Å². The van der Waals surface area contributed by atoms with Gasteiger partial charge in [0.2, 0.25) is 11.8 Å². The first kappa shape index (κ1) is 18.6. The monoisotopic (exact) mass is 359 g/mol. The summed E-state index contributed by atoms with van der Waals surface area (Å²) in [7, 11) is 0. The highest BCUT2D eigenvalue weighted by Gasteiger charge is 2.21. The van der Waals surface area contributed by atoms with E-state index in [1.165, 1.54) is 0 Å². The van der Waals surface area contributed by atoms with E-state index >= 15 is 0 Å². The first-order valence-electron chi connectivity index (χ1n) is 9.37. The van der Waals surface area contributed by atoms with E-state index in [2.05, 4.69) is 25.2 Å². The fourth-order valence-electron chi connectivity index (χ4n) is 3.13. The Kier molecular flexibility index (Phi) is 6.08. The second-order valence-corrected chi connectivity index (χ2v) is 7.26. The second kappa shape index (κ2) is 8.49. The summed E-state index contributed by atoms with van der Waals surface area (Å²) in [6, 6.07) is 0. The molecule has 7 heteroatoms. The molecule has 1 fully saturated rings. The van der Waals surface area contributed by atoms with Crippen molar-refractivity contribution in [2.75, 3.05) is 25.0 Å². The Morgan fingerprint density at radius 3 is 2.65 bits per heavy atom. The molecule has 1 N–H and O–H groups in total. The standard InChI is InChI=1S/C19H29N5O2/c1-13(2)25-18-11-20-10-17(23-18)21-9-16-5-7-24(8-6-16)12-19-22-14(3)15(4)26-19/h10-11,13,16H,5-9,12H2,1-4H3,(H,21,23). The predicted octanol–water partition coefficient (Wildman–Crippen LogP) is 3.19. The molecule has 2 aromatic rings. The molecule has 1 aliphatic rings. The van der Waals surface area contributed by atoms with Crippen molar-refractivity contribution >= 4 is 5.82 Å². The summed E-state index contributed by atoms with van der Waals surface area (Å²) in [6.07, 6.45) is 5.80. The van der Waals surface area contributed by atoms with Crippen LogP contribution in [0.25, 0.3) is 0 Å². The molecular formula is C19H29N5O2. The lowest BCUT2D eigenvalue weighted by molar-refractivity contribution is 0.167. The number of nitrogens with one attached hydrogen (secondary N) is 1. The number of oxazole rings is 1.